The predicted octanol–water partition coefficient (Wildman–Crippen LogP) is 1.59. The number of aromatic nitrogens is 1. The lowest BCUT2D eigenvalue weighted by atomic mass is 10.2. The summed E-state index contributed by atoms with van der Waals surface area (Å²) >= 11 is 0. The molecule has 2 heterocycles. The van der Waals surface area contributed by atoms with Crippen LogP contribution in [0.5, 0.6) is 5.75 Å². The van der Waals surface area contributed by atoms with Crippen molar-refractivity contribution in [3.05, 3.63) is 48.3 Å². The third-order valence-corrected chi connectivity index (χ3v) is 3.01. The summed E-state index contributed by atoms with van der Waals surface area (Å²) < 4.78 is 5.30. The number of carbonyl (C=O) groups is 2. The van der Waals surface area contributed by atoms with Gasteiger partial charge in [-0.05, 0) is 29.8 Å². The largest absolute Gasteiger partial charge is 0.482 e. The molecule has 1 aromatic carbocycles. The van der Waals surface area contributed by atoms with Gasteiger partial charge in [0.25, 0.3) is 5.91 Å². The van der Waals surface area contributed by atoms with Crippen LogP contribution < -0.4 is 15.4 Å². The number of fused-ring (bicyclic) bond motifs is 1. The molecular weight excluding hydrogens is 270 g/mol. The standard InChI is InChI=1S/C15H13N3O3/c19-14(7-10-3-5-16-6-4-10)17-11-1-2-12-13(8-11)21-9-15(20)18-12/h1-6,8H,7,9H2,(H,17,19)(H,18,20). The van der Waals surface area contributed by atoms with Crippen LogP contribution in [0.2, 0.25) is 0 Å². The number of hydrogen-bond acceptors (Lipinski definition) is 4. The van der Waals surface area contributed by atoms with Gasteiger partial charge in [0.2, 0.25) is 5.91 Å². The first-order valence-corrected chi connectivity index (χ1v) is 6.46. The van der Waals surface area contributed by atoms with E-state index < -0.39 is 0 Å². The van der Waals surface area contributed by atoms with Crippen LogP contribution in [0.25, 0.3) is 0 Å². The van der Waals surface area contributed by atoms with E-state index in [4.69, 9.17) is 4.74 Å². The van der Waals surface area contributed by atoms with Crippen LogP contribution in [-0.4, -0.2) is 23.4 Å². The summed E-state index contributed by atoms with van der Waals surface area (Å²) in [5.41, 5.74) is 2.13. The molecule has 0 aliphatic carbocycles. The van der Waals surface area contributed by atoms with E-state index in [1.165, 1.54) is 0 Å². The second kappa shape index (κ2) is 5.62. The topological polar surface area (TPSA) is 80.3 Å². The number of anilines is 2. The van der Waals surface area contributed by atoms with Gasteiger partial charge in [-0.2, -0.15) is 0 Å². The van der Waals surface area contributed by atoms with Crippen molar-refractivity contribution in [3.8, 4) is 5.75 Å². The highest BCUT2D eigenvalue weighted by Gasteiger charge is 2.16. The van der Waals surface area contributed by atoms with Gasteiger partial charge in [-0.15, -0.1) is 0 Å². The van der Waals surface area contributed by atoms with Crippen LogP contribution >= 0.6 is 0 Å². The molecule has 21 heavy (non-hydrogen) atoms. The van der Waals surface area contributed by atoms with Gasteiger partial charge in [0, 0.05) is 24.1 Å². The molecule has 6 heteroatoms. The summed E-state index contributed by atoms with van der Waals surface area (Å²) in [6, 6.07) is 8.71. The van der Waals surface area contributed by atoms with Crippen LogP contribution in [0.1, 0.15) is 5.56 Å². The third-order valence-electron chi connectivity index (χ3n) is 3.01. The van der Waals surface area contributed by atoms with E-state index in [2.05, 4.69) is 15.6 Å². The Kier molecular flexibility index (Phi) is 3.51. The molecule has 1 aliphatic heterocycles. The Bertz CT molecular complexity index is 686. The van der Waals surface area contributed by atoms with E-state index in [1.807, 2.05) is 0 Å². The minimum atomic E-state index is -0.183. The molecule has 1 aromatic heterocycles. The molecule has 0 atom stereocenters. The van der Waals surface area contributed by atoms with Gasteiger partial charge in [0.1, 0.15) is 5.75 Å². The molecule has 1 aliphatic rings. The lowest BCUT2D eigenvalue weighted by Gasteiger charge is -2.18. The second-order valence-electron chi connectivity index (χ2n) is 4.63. The quantitative estimate of drug-likeness (QED) is 0.896. The van der Waals surface area contributed by atoms with Crippen molar-refractivity contribution in [1.29, 1.82) is 0 Å². The lowest BCUT2D eigenvalue weighted by molar-refractivity contribution is -0.118. The van der Waals surface area contributed by atoms with Crippen molar-refractivity contribution in [3.63, 3.8) is 0 Å². The van der Waals surface area contributed by atoms with E-state index >= 15 is 0 Å². The van der Waals surface area contributed by atoms with Gasteiger partial charge in [0.05, 0.1) is 12.1 Å². The van der Waals surface area contributed by atoms with Crippen molar-refractivity contribution < 1.29 is 14.3 Å². The molecule has 2 N–H and O–H groups in total. The van der Waals surface area contributed by atoms with Gasteiger partial charge < -0.3 is 15.4 Å². The van der Waals surface area contributed by atoms with Crippen molar-refractivity contribution in [2.24, 2.45) is 0 Å². The van der Waals surface area contributed by atoms with E-state index in [1.54, 1.807) is 42.7 Å². The fourth-order valence-electron chi connectivity index (χ4n) is 2.04. The lowest BCUT2D eigenvalue weighted by Crippen LogP contribution is -2.25. The van der Waals surface area contributed by atoms with Gasteiger partial charge in [-0.3, -0.25) is 14.6 Å². The normalized spacial score (nSPS) is 12.9. The zero-order chi connectivity index (χ0) is 14.7. The Morgan fingerprint density at radius 3 is 2.90 bits per heavy atom. The number of rotatable bonds is 3. The fourth-order valence-corrected chi connectivity index (χ4v) is 2.04. The minimum absolute atomic E-state index is 0.0125. The first-order valence-electron chi connectivity index (χ1n) is 6.46. The molecule has 0 saturated carbocycles. The summed E-state index contributed by atoms with van der Waals surface area (Å²) in [4.78, 5) is 27.0. The number of nitrogens with zero attached hydrogens (tertiary/aromatic N) is 1. The Morgan fingerprint density at radius 1 is 1.29 bits per heavy atom. The molecule has 106 valence electrons. The summed E-state index contributed by atoms with van der Waals surface area (Å²) in [5, 5.41) is 5.50. The van der Waals surface area contributed by atoms with E-state index in [0.717, 1.165) is 5.56 Å². The number of nitrogens with one attached hydrogen (secondary N) is 2. The maximum absolute atomic E-state index is 12.0. The van der Waals surface area contributed by atoms with Gasteiger partial charge in [0.15, 0.2) is 6.61 Å². The molecule has 0 bridgehead atoms. The number of ether oxygens (including phenoxy) is 1. The molecule has 2 amide bonds. The van der Waals surface area contributed by atoms with Crippen molar-refractivity contribution in [2.75, 3.05) is 17.2 Å². The zero-order valence-electron chi connectivity index (χ0n) is 11.1. The van der Waals surface area contributed by atoms with Gasteiger partial charge in [-0.25, -0.2) is 0 Å². The molecule has 0 fully saturated rings. The number of carbonyl (C=O) groups excluding carboxylic acids is 2. The SMILES string of the molecule is O=C(Cc1ccncc1)Nc1ccc2c(c1)OCC(=O)N2. The summed E-state index contributed by atoms with van der Waals surface area (Å²) in [6.45, 7) is -0.0125. The number of pyridine rings is 1. The van der Waals surface area contributed by atoms with E-state index in [0.29, 0.717) is 17.1 Å². The average molecular weight is 283 g/mol. The van der Waals surface area contributed by atoms with Crippen LogP contribution in [0, 0.1) is 0 Å². The maximum Gasteiger partial charge on any atom is 0.262 e. The minimum Gasteiger partial charge on any atom is -0.482 e. The average Bonchev–Trinajstić information content (AvgIpc) is 2.48. The maximum atomic E-state index is 12.0. The summed E-state index contributed by atoms with van der Waals surface area (Å²) in [6.07, 6.45) is 3.58. The van der Waals surface area contributed by atoms with Crippen LogP contribution in [0.4, 0.5) is 11.4 Å². The van der Waals surface area contributed by atoms with E-state index in [9.17, 15) is 9.59 Å². The molecule has 0 spiro atoms. The number of hydrogen-bond donors (Lipinski definition) is 2. The van der Waals surface area contributed by atoms with Crippen LogP contribution in [0.15, 0.2) is 42.7 Å². The Balaban J connectivity index is 1.68. The van der Waals surface area contributed by atoms with Crippen LogP contribution in [-0.2, 0) is 16.0 Å². The molecule has 0 saturated heterocycles. The Hall–Kier alpha value is -2.89. The highest BCUT2D eigenvalue weighted by Crippen LogP contribution is 2.30. The number of amides is 2. The van der Waals surface area contributed by atoms with Crippen molar-refractivity contribution >= 4 is 23.2 Å². The zero-order valence-corrected chi connectivity index (χ0v) is 11.1. The monoisotopic (exact) mass is 283 g/mol. The molecule has 0 unspecified atom stereocenters. The summed E-state index contributed by atoms with van der Waals surface area (Å²) in [5.74, 6) is 0.245. The first-order chi connectivity index (χ1) is 10.2. The fraction of sp³-hybridized carbons (Fsp3) is 0.133. The van der Waals surface area contributed by atoms with Gasteiger partial charge in [-0.1, -0.05) is 0 Å². The summed E-state index contributed by atoms with van der Waals surface area (Å²) in [7, 11) is 0. The van der Waals surface area contributed by atoms with E-state index in [-0.39, 0.29) is 24.8 Å². The third kappa shape index (κ3) is 3.17. The first kappa shape index (κ1) is 13.1. The predicted molar refractivity (Wildman–Crippen MR) is 77.1 cm³/mol. The Labute approximate surface area is 121 Å². The molecule has 0 radical (unpaired) electrons. The molecule has 6 nitrogen and oxygen atoms in total. The smallest absolute Gasteiger partial charge is 0.262 e. The van der Waals surface area contributed by atoms with Crippen molar-refractivity contribution in [2.45, 2.75) is 6.42 Å². The van der Waals surface area contributed by atoms with Gasteiger partial charge >= 0.3 is 0 Å². The van der Waals surface area contributed by atoms with Crippen molar-refractivity contribution in [1.82, 2.24) is 4.98 Å². The van der Waals surface area contributed by atoms with Crippen LogP contribution in [0.3, 0.4) is 0 Å². The molecule has 2 aromatic rings. The highest BCUT2D eigenvalue weighted by atomic mass is 16.5. The Morgan fingerprint density at radius 2 is 2.10 bits per heavy atom. The second-order valence-corrected chi connectivity index (χ2v) is 4.63. The molecular formula is C15H13N3O3. The molecule has 3 rings (SSSR count). The number of benzene rings is 1. The highest BCUT2D eigenvalue weighted by molar-refractivity contribution is 5.97.